The number of carbonyl (C=O) groups excluding carboxylic acids is 1. The van der Waals surface area contributed by atoms with Crippen LogP contribution < -0.4 is 14.8 Å². The van der Waals surface area contributed by atoms with Gasteiger partial charge in [0.15, 0.2) is 11.7 Å². The van der Waals surface area contributed by atoms with E-state index < -0.39 is 0 Å². The van der Waals surface area contributed by atoms with Crippen LogP contribution in [-0.4, -0.2) is 24.6 Å². The molecule has 0 aliphatic heterocycles. The van der Waals surface area contributed by atoms with E-state index in [1.807, 2.05) is 29.6 Å². The standard InChI is InChI=1S/C20H20N2O3S/c1-3-14-7-9-15(10-8-14)18-13-26-20(21-18)22-19(23)12-25-17-6-4-5-16(11-17)24-2/h4-11,13H,3,12H2,1-2H3,(H,21,22,23). The number of aromatic nitrogens is 1. The number of benzene rings is 2. The van der Waals surface area contributed by atoms with Gasteiger partial charge in [-0.2, -0.15) is 0 Å². The van der Waals surface area contributed by atoms with Crippen molar-refractivity contribution in [1.29, 1.82) is 0 Å². The van der Waals surface area contributed by atoms with Gasteiger partial charge in [0.2, 0.25) is 0 Å². The highest BCUT2D eigenvalue weighted by molar-refractivity contribution is 7.14. The lowest BCUT2D eigenvalue weighted by Crippen LogP contribution is -2.20. The zero-order valence-electron chi connectivity index (χ0n) is 14.7. The summed E-state index contributed by atoms with van der Waals surface area (Å²) in [6.45, 7) is 2.03. The van der Waals surface area contributed by atoms with Gasteiger partial charge < -0.3 is 9.47 Å². The van der Waals surface area contributed by atoms with Crippen molar-refractivity contribution in [3.8, 4) is 22.8 Å². The molecule has 134 valence electrons. The van der Waals surface area contributed by atoms with Crippen LogP contribution in [0.15, 0.2) is 53.9 Å². The fraction of sp³-hybridized carbons (Fsp3) is 0.200. The maximum absolute atomic E-state index is 12.1. The minimum absolute atomic E-state index is 0.0900. The summed E-state index contributed by atoms with van der Waals surface area (Å²) in [5.41, 5.74) is 3.17. The Balaban J connectivity index is 1.56. The predicted octanol–water partition coefficient (Wildman–Crippen LogP) is 4.40. The van der Waals surface area contributed by atoms with Gasteiger partial charge in [-0.15, -0.1) is 11.3 Å². The number of aryl methyl sites for hydroxylation is 1. The number of nitrogens with one attached hydrogen (secondary N) is 1. The van der Waals surface area contributed by atoms with Crippen molar-refractivity contribution in [1.82, 2.24) is 4.98 Å². The van der Waals surface area contributed by atoms with E-state index in [9.17, 15) is 4.79 Å². The zero-order chi connectivity index (χ0) is 18.4. The summed E-state index contributed by atoms with van der Waals surface area (Å²) < 4.78 is 10.6. The topological polar surface area (TPSA) is 60.5 Å². The van der Waals surface area contributed by atoms with Crippen molar-refractivity contribution in [2.75, 3.05) is 19.0 Å². The molecule has 0 saturated heterocycles. The molecule has 5 nitrogen and oxygen atoms in total. The van der Waals surface area contributed by atoms with E-state index in [4.69, 9.17) is 9.47 Å². The number of carbonyl (C=O) groups is 1. The normalized spacial score (nSPS) is 10.4. The van der Waals surface area contributed by atoms with Crippen LogP contribution in [0.25, 0.3) is 11.3 Å². The summed E-state index contributed by atoms with van der Waals surface area (Å²) >= 11 is 1.39. The second kappa shape index (κ2) is 8.49. The monoisotopic (exact) mass is 368 g/mol. The number of hydrogen-bond donors (Lipinski definition) is 1. The molecule has 1 aromatic heterocycles. The van der Waals surface area contributed by atoms with E-state index in [0.29, 0.717) is 16.6 Å². The second-order valence-corrected chi connectivity index (χ2v) is 6.46. The molecule has 2 aromatic carbocycles. The third-order valence-electron chi connectivity index (χ3n) is 3.82. The Hall–Kier alpha value is -2.86. The van der Waals surface area contributed by atoms with E-state index in [1.54, 1.807) is 19.2 Å². The number of ether oxygens (including phenoxy) is 2. The van der Waals surface area contributed by atoms with Crippen molar-refractivity contribution in [2.24, 2.45) is 0 Å². The molecule has 0 saturated carbocycles. The van der Waals surface area contributed by atoms with Crippen molar-refractivity contribution in [3.63, 3.8) is 0 Å². The lowest BCUT2D eigenvalue weighted by molar-refractivity contribution is -0.118. The molecule has 1 heterocycles. The van der Waals surface area contributed by atoms with Crippen LogP contribution >= 0.6 is 11.3 Å². The molecule has 1 amide bonds. The Morgan fingerprint density at radius 3 is 2.65 bits per heavy atom. The number of methoxy groups -OCH3 is 1. The summed E-state index contributed by atoms with van der Waals surface area (Å²) in [6.07, 6.45) is 1.01. The fourth-order valence-electron chi connectivity index (χ4n) is 2.37. The van der Waals surface area contributed by atoms with Crippen LogP contribution in [0.2, 0.25) is 0 Å². The fourth-order valence-corrected chi connectivity index (χ4v) is 3.11. The molecule has 0 unspecified atom stereocenters. The maximum atomic E-state index is 12.1. The smallest absolute Gasteiger partial charge is 0.264 e. The lowest BCUT2D eigenvalue weighted by Gasteiger charge is -2.07. The molecule has 0 aliphatic carbocycles. The van der Waals surface area contributed by atoms with Crippen LogP contribution in [0.4, 0.5) is 5.13 Å². The van der Waals surface area contributed by atoms with Crippen molar-refractivity contribution in [2.45, 2.75) is 13.3 Å². The van der Waals surface area contributed by atoms with Crippen molar-refractivity contribution < 1.29 is 14.3 Å². The van der Waals surface area contributed by atoms with E-state index in [2.05, 4.69) is 29.4 Å². The Bertz CT molecular complexity index is 875. The number of thiazole rings is 1. The Kier molecular flexibility index (Phi) is 5.86. The van der Waals surface area contributed by atoms with E-state index in [0.717, 1.165) is 17.7 Å². The third kappa shape index (κ3) is 4.61. The lowest BCUT2D eigenvalue weighted by atomic mass is 10.1. The minimum atomic E-state index is -0.255. The number of hydrogen-bond acceptors (Lipinski definition) is 5. The SMILES string of the molecule is CCc1ccc(-c2csc(NC(=O)COc3cccc(OC)c3)n2)cc1. The average Bonchev–Trinajstić information content (AvgIpc) is 3.15. The maximum Gasteiger partial charge on any atom is 0.264 e. The van der Waals surface area contributed by atoms with E-state index in [1.165, 1.54) is 16.9 Å². The molecule has 0 bridgehead atoms. The molecule has 0 aliphatic rings. The number of amides is 1. The minimum Gasteiger partial charge on any atom is -0.497 e. The average molecular weight is 368 g/mol. The molecule has 0 fully saturated rings. The van der Waals surface area contributed by atoms with Gasteiger partial charge in [0.25, 0.3) is 5.91 Å². The molecule has 6 heteroatoms. The molecule has 3 rings (SSSR count). The summed E-state index contributed by atoms with van der Waals surface area (Å²) in [4.78, 5) is 16.5. The van der Waals surface area contributed by atoms with Crippen molar-refractivity contribution >= 4 is 22.4 Å². The van der Waals surface area contributed by atoms with Gasteiger partial charge in [0, 0.05) is 17.0 Å². The predicted molar refractivity (Wildman–Crippen MR) is 104 cm³/mol. The summed E-state index contributed by atoms with van der Waals surface area (Å²) in [7, 11) is 1.58. The Morgan fingerprint density at radius 2 is 1.92 bits per heavy atom. The van der Waals surface area contributed by atoms with Crippen LogP contribution in [0.3, 0.4) is 0 Å². The summed E-state index contributed by atoms with van der Waals surface area (Å²) in [5, 5.41) is 5.25. The molecule has 0 spiro atoms. The third-order valence-corrected chi connectivity index (χ3v) is 4.58. The quantitative estimate of drug-likeness (QED) is 0.671. The number of rotatable bonds is 7. The van der Waals surface area contributed by atoms with Crippen LogP contribution in [0.1, 0.15) is 12.5 Å². The Labute approximate surface area is 156 Å². The first-order valence-corrected chi connectivity index (χ1v) is 9.17. The molecular weight excluding hydrogens is 348 g/mol. The van der Waals surface area contributed by atoms with Gasteiger partial charge >= 0.3 is 0 Å². The number of nitrogens with zero attached hydrogens (tertiary/aromatic N) is 1. The van der Waals surface area contributed by atoms with Gasteiger partial charge in [-0.25, -0.2) is 4.98 Å². The van der Waals surface area contributed by atoms with Gasteiger partial charge in [-0.05, 0) is 24.1 Å². The summed E-state index contributed by atoms with van der Waals surface area (Å²) in [6, 6.07) is 15.4. The van der Waals surface area contributed by atoms with Gasteiger partial charge in [-0.1, -0.05) is 37.3 Å². The molecule has 1 N–H and O–H groups in total. The molecule has 3 aromatic rings. The molecule has 0 radical (unpaired) electrons. The first-order chi connectivity index (χ1) is 12.7. The van der Waals surface area contributed by atoms with E-state index >= 15 is 0 Å². The first kappa shape index (κ1) is 17.9. The molecular formula is C20H20N2O3S. The molecule has 0 atom stereocenters. The van der Waals surface area contributed by atoms with Gasteiger partial charge in [0.1, 0.15) is 11.5 Å². The van der Waals surface area contributed by atoms with E-state index in [-0.39, 0.29) is 12.5 Å². The largest absolute Gasteiger partial charge is 0.497 e. The van der Waals surface area contributed by atoms with Gasteiger partial charge in [0.05, 0.1) is 12.8 Å². The van der Waals surface area contributed by atoms with Crippen LogP contribution in [0, 0.1) is 0 Å². The zero-order valence-corrected chi connectivity index (χ0v) is 15.5. The highest BCUT2D eigenvalue weighted by Gasteiger charge is 2.09. The second-order valence-electron chi connectivity index (χ2n) is 5.60. The highest BCUT2D eigenvalue weighted by atomic mass is 32.1. The number of anilines is 1. The highest BCUT2D eigenvalue weighted by Crippen LogP contribution is 2.25. The Morgan fingerprint density at radius 1 is 1.15 bits per heavy atom. The van der Waals surface area contributed by atoms with Crippen LogP contribution in [0.5, 0.6) is 11.5 Å². The summed E-state index contributed by atoms with van der Waals surface area (Å²) in [5.74, 6) is 1.01. The molecule has 26 heavy (non-hydrogen) atoms. The van der Waals surface area contributed by atoms with Gasteiger partial charge in [-0.3, -0.25) is 10.1 Å². The first-order valence-electron chi connectivity index (χ1n) is 8.29. The van der Waals surface area contributed by atoms with Crippen LogP contribution in [-0.2, 0) is 11.2 Å². The van der Waals surface area contributed by atoms with Crippen molar-refractivity contribution in [3.05, 3.63) is 59.5 Å².